The van der Waals surface area contributed by atoms with E-state index in [4.69, 9.17) is 5.73 Å². The number of nitrogens with two attached hydrogens (primary N) is 1. The zero-order valence-corrected chi connectivity index (χ0v) is 15.9. The molecule has 2 fully saturated rings. The molecule has 2 unspecified atom stereocenters. The molecule has 1 saturated heterocycles. The second-order valence-corrected chi connectivity index (χ2v) is 8.19. The van der Waals surface area contributed by atoms with E-state index >= 15 is 0 Å². The molecular weight excluding hydrogens is 340 g/mol. The number of amides is 2. The van der Waals surface area contributed by atoms with Crippen molar-refractivity contribution in [3.05, 3.63) is 36.0 Å². The van der Waals surface area contributed by atoms with Crippen molar-refractivity contribution < 1.29 is 9.59 Å². The third-order valence-electron chi connectivity index (χ3n) is 6.19. The van der Waals surface area contributed by atoms with E-state index in [0.29, 0.717) is 31.9 Å². The van der Waals surface area contributed by atoms with Crippen LogP contribution < -0.4 is 5.73 Å². The number of para-hydroxylation sites is 1. The SMILES string of the molecule is CC1(N)CCCCC1C(=O)N1CCN(C(=O)c2cc3ccccc3[nH]2)CC1. The van der Waals surface area contributed by atoms with Gasteiger partial charge in [-0.1, -0.05) is 31.0 Å². The van der Waals surface area contributed by atoms with Crippen molar-refractivity contribution in [2.45, 2.75) is 38.1 Å². The molecule has 4 rings (SSSR count). The lowest BCUT2D eigenvalue weighted by atomic mass is 9.74. The first-order valence-corrected chi connectivity index (χ1v) is 9.90. The highest BCUT2D eigenvalue weighted by Gasteiger charge is 2.40. The minimum absolute atomic E-state index is 0.000344. The van der Waals surface area contributed by atoms with Crippen molar-refractivity contribution >= 4 is 22.7 Å². The zero-order chi connectivity index (χ0) is 19.0. The second kappa shape index (κ2) is 7.00. The summed E-state index contributed by atoms with van der Waals surface area (Å²) in [5.74, 6) is 0.0687. The molecule has 6 heteroatoms. The third kappa shape index (κ3) is 3.46. The Hall–Kier alpha value is -2.34. The van der Waals surface area contributed by atoms with Crippen LogP contribution in [0.1, 0.15) is 43.1 Å². The summed E-state index contributed by atoms with van der Waals surface area (Å²) < 4.78 is 0. The molecule has 2 aliphatic rings. The molecule has 144 valence electrons. The molecule has 1 aromatic carbocycles. The number of benzene rings is 1. The number of nitrogens with one attached hydrogen (secondary N) is 1. The molecule has 1 aliphatic carbocycles. The highest BCUT2D eigenvalue weighted by atomic mass is 16.2. The van der Waals surface area contributed by atoms with Crippen LogP contribution in [0.3, 0.4) is 0 Å². The molecule has 27 heavy (non-hydrogen) atoms. The fourth-order valence-corrected chi connectivity index (χ4v) is 4.47. The van der Waals surface area contributed by atoms with Gasteiger partial charge < -0.3 is 20.5 Å². The van der Waals surface area contributed by atoms with Crippen LogP contribution >= 0.6 is 0 Å². The molecule has 2 heterocycles. The van der Waals surface area contributed by atoms with Gasteiger partial charge in [0.2, 0.25) is 5.91 Å². The molecule has 0 bridgehead atoms. The highest BCUT2D eigenvalue weighted by molar-refractivity contribution is 5.98. The van der Waals surface area contributed by atoms with Crippen molar-refractivity contribution in [1.29, 1.82) is 0 Å². The van der Waals surface area contributed by atoms with Crippen LogP contribution in [0, 0.1) is 5.92 Å². The summed E-state index contributed by atoms with van der Waals surface area (Å²) in [5.41, 5.74) is 7.57. The van der Waals surface area contributed by atoms with Gasteiger partial charge in [-0.15, -0.1) is 0 Å². The molecule has 6 nitrogen and oxygen atoms in total. The molecule has 3 N–H and O–H groups in total. The molecule has 2 amide bonds. The lowest BCUT2D eigenvalue weighted by Gasteiger charge is -2.42. The summed E-state index contributed by atoms with van der Waals surface area (Å²) in [6.07, 6.45) is 3.95. The van der Waals surface area contributed by atoms with Gasteiger partial charge in [0, 0.05) is 42.6 Å². The van der Waals surface area contributed by atoms with Crippen molar-refractivity contribution in [1.82, 2.24) is 14.8 Å². The van der Waals surface area contributed by atoms with E-state index in [0.717, 1.165) is 36.6 Å². The number of carbonyl (C=O) groups excluding carboxylic acids is 2. The normalized spacial score (nSPS) is 26.4. The Morgan fingerprint density at radius 1 is 1.11 bits per heavy atom. The number of aromatic amines is 1. The van der Waals surface area contributed by atoms with Crippen LogP contribution in [-0.2, 0) is 4.79 Å². The number of H-pyrrole nitrogens is 1. The van der Waals surface area contributed by atoms with E-state index in [-0.39, 0.29) is 17.7 Å². The van der Waals surface area contributed by atoms with Crippen LogP contribution in [0.25, 0.3) is 10.9 Å². The maximum Gasteiger partial charge on any atom is 0.270 e. The molecule has 1 aromatic heterocycles. The first kappa shape index (κ1) is 18.0. The summed E-state index contributed by atoms with van der Waals surface area (Å²) in [6, 6.07) is 9.78. The average Bonchev–Trinajstić information content (AvgIpc) is 3.11. The van der Waals surface area contributed by atoms with Gasteiger partial charge >= 0.3 is 0 Å². The zero-order valence-electron chi connectivity index (χ0n) is 15.9. The van der Waals surface area contributed by atoms with Crippen molar-refractivity contribution in [3.63, 3.8) is 0 Å². The number of carbonyl (C=O) groups is 2. The van der Waals surface area contributed by atoms with Gasteiger partial charge in [-0.05, 0) is 31.9 Å². The van der Waals surface area contributed by atoms with E-state index in [9.17, 15) is 9.59 Å². The first-order valence-electron chi connectivity index (χ1n) is 9.90. The molecule has 1 aliphatic heterocycles. The first-order chi connectivity index (χ1) is 13.0. The topological polar surface area (TPSA) is 82.4 Å². The van der Waals surface area contributed by atoms with Gasteiger partial charge in [-0.3, -0.25) is 9.59 Å². The fraction of sp³-hybridized carbons (Fsp3) is 0.524. The maximum atomic E-state index is 13.0. The quantitative estimate of drug-likeness (QED) is 0.854. The fourth-order valence-electron chi connectivity index (χ4n) is 4.47. The van der Waals surface area contributed by atoms with Crippen LogP contribution in [0.4, 0.5) is 0 Å². The van der Waals surface area contributed by atoms with Gasteiger partial charge in [-0.25, -0.2) is 0 Å². The predicted octanol–water partition coefficient (Wildman–Crippen LogP) is 2.36. The van der Waals surface area contributed by atoms with E-state index in [1.165, 1.54) is 0 Å². The molecule has 2 aromatic rings. The highest BCUT2D eigenvalue weighted by Crippen LogP contribution is 2.33. The maximum absolute atomic E-state index is 13.0. The number of fused-ring (bicyclic) bond motifs is 1. The molecule has 0 spiro atoms. The Morgan fingerprint density at radius 2 is 1.81 bits per heavy atom. The largest absolute Gasteiger partial charge is 0.351 e. The predicted molar refractivity (Wildman–Crippen MR) is 105 cm³/mol. The lowest BCUT2D eigenvalue weighted by molar-refractivity contribution is -0.140. The Kier molecular flexibility index (Phi) is 4.68. The number of hydrogen-bond donors (Lipinski definition) is 2. The number of rotatable bonds is 2. The Balaban J connectivity index is 1.39. The number of piperazine rings is 1. The molecular formula is C21H28N4O2. The summed E-state index contributed by atoms with van der Waals surface area (Å²) in [6.45, 7) is 4.29. The number of nitrogens with zero attached hydrogens (tertiary/aromatic N) is 2. The van der Waals surface area contributed by atoms with Gasteiger partial charge in [0.05, 0.1) is 5.92 Å². The van der Waals surface area contributed by atoms with E-state index in [2.05, 4.69) is 4.98 Å². The second-order valence-electron chi connectivity index (χ2n) is 8.19. The van der Waals surface area contributed by atoms with Crippen LogP contribution in [0.2, 0.25) is 0 Å². The lowest BCUT2D eigenvalue weighted by Crippen LogP contribution is -2.57. The van der Waals surface area contributed by atoms with Gasteiger partial charge in [-0.2, -0.15) is 0 Å². The van der Waals surface area contributed by atoms with E-state index in [1.807, 2.05) is 47.1 Å². The summed E-state index contributed by atoms with van der Waals surface area (Å²) in [7, 11) is 0. The minimum atomic E-state index is -0.410. The Morgan fingerprint density at radius 3 is 2.52 bits per heavy atom. The van der Waals surface area contributed by atoms with Crippen LogP contribution in [0.15, 0.2) is 30.3 Å². The van der Waals surface area contributed by atoms with Crippen molar-refractivity contribution in [3.8, 4) is 0 Å². The van der Waals surface area contributed by atoms with Crippen LogP contribution in [0.5, 0.6) is 0 Å². The molecule has 2 atom stereocenters. The standard InChI is InChI=1S/C21H28N4O2/c1-21(22)9-5-4-7-16(21)19(26)24-10-12-25(13-11-24)20(27)18-14-15-6-2-3-8-17(15)23-18/h2-3,6,8,14,16,23H,4-5,7,9-13,22H2,1H3. The van der Waals surface area contributed by atoms with Crippen molar-refractivity contribution in [2.75, 3.05) is 26.2 Å². The minimum Gasteiger partial charge on any atom is -0.351 e. The summed E-state index contributed by atoms with van der Waals surface area (Å²) in [4.78, 5) is 32.7. The third-order valence-corrected chi connectivity index (χ3v) is 6.19. The van der Waals surface area contributed by atoms with Gasteiger partial charge in [0.15, 0.2) is 0 Å². The average molecular weight is 368 g/mol. The number of aromatic nitrogens is 1. The van der Waals surface area contributed by atoms with Gasteiger partial charge in [0.1, 0.15) is 5.69 Å². The summed E-state index contributed by atoms with van der Waals surface area (Å²) >= 11 is 0. The van der Waals surface area contributed by atoms with Crippen LogP contribution in [-0.4, -0.2) is 58.3 Å². The van der Waals surface area contributed by atoms with E-state index in [1.54, 1.807) is 0 Å². The monoisotopic (exact) mass is 368 g/mol. The molecule has 1 saturated carbocycles. The Bertz CT molecular complexity index is 816. The summed E-state index contributed by atoms with van der Waals surface area (Å²) in [5, 5.41) is 1.04. The van der Waals surface area contributed by atoms with Gasteiger partial charge in [0.25, 0.3) is 5.91 Å². The smallest absolute Gasteiger partial charge is 0.270 e. The number of hydrogen-bond acceptors (Lipinski definition) is 3. The van der Waals surface area contributed by atoms with Crippen molar-refractivity contribution in [2.24, 2.45) is 11.7 Å². The Labute approximate surface area is 159 Å². The molecule has 0 radical (unpaired) electrons. The van der Waals surface area contributed by atoms with E-state index < -0.39 is 5.54 Å².